The lowest BCUT2D eigenvalue weighted by Crippen LogP contribution is -3.00. The molecule has 1 heterocycles. The number of hydrogen-bond donors (Lipinski definition) is 0. The third-order valence-electron chi connectivity index (χ3n) is 1.48. The van der Waals surface area contributed by atoms with Crippen LogP contribution in [0.2, 0.25) is 0 Å². The summed E-state index contributed by atoms with van der Waals surface area (Å²) in [6.45, 7) is 2.22. The van der Waals surface area contributed by atoms with E-state index in [4.69, 9.17) is 0 Å². The largest absolute Gasteiger partial charge is 1.00 e. The Bertz CT molecular complexity index is 213. The van der Waals surface area contributed by atoms with Gasteiger partial charge in [0.15, 0.2) is 0 Å². The van der Waals surface area contributed by atoms with Crippen LogP contribution in [0.3, 0.4) is 0 Å². The molecule has 0 aliphatic heterocycles. The molecule has 0 fully saturated rings. The molecular formula is C8H15ClN2S. The maximum Gasteiger partial charge on any atom is 0.255 e. The quantitative estimate of drug-likeness (QED) is 0.436. The Morgan fingerprint density at radius 2 is 2.25 bits per heavy atom. The molecule has 0 unspecified atom stereocenters. The lowest BCUT2D eigenvalue weighted by atomic mass is 10.4. The fourth-order valence-corrected chi connectivity index (χ4v) is 1.80. The number of aryl methyl sites for hydroxylation is 1. The number of imidazole rings is 1. The third kappa shape index (κ3) is 4.02. The van der Waals surface area contributed by atoms with Crippen LogP contribution in [0, 0.1) is 0 Å². The van der Waals surface area contributed by atoms with Gasteiger partial charge in [0.2, 0.25) is 0 Å². The highest BCUT2D eigenvalue weighted by Crippen LogP contribution is 2.06. The summed E-state index contributed by atoms with van der Waals surface area (Å²) >= 11 is 1.86. The SMILES string of the molecule is CCCCSn1cc[n+](C)c1.[Cl-]. The number of hydrogen-bond acceptors (Lipinski definition) is 1. The molecule has 0 saturated carbocycles. The van der Waals surface area contributed by atoms with Gasteiger partial charge in [0.1, 0.15) is 12.4 Å². The molecule has 4 heteroatoms. The van der Waals surface area contributed by atoms with Gasteiger partial charge in [-0.15, -0.1) is 0 Å². The average Bonchev–Trinajstić information content (AvgIpc) is 2.37. The van der Waals surface area contributed by atoms with E-state index in [1.54, 1.807) is 0 Å². The van der Waals surface area contributed by atoms with Crippen molar-refractivity contribution >= 4 is 11.9 Å². The monoisotopic (exact) mass is 206 g/mol. The van der Waals surface area contributed by atoms with Crippen molar-refractivity contribution in [1.82, 2.24) is 3.97 Å². The second kappa shape index (κ2) is 6.38. The zero-order valence-corrected chi connectivity index (χ0v) is 9.11. The highest BCUT2D eigenvalue weighted by Gasteiger charge is 1.99. The van der Waals surface area contributed by atoms with Gasteiger partial charge in [0, 0.05) is 5.75 Å². The molecule has 12 heavy (non-hydrogen) atoms. The van der Waals surface area contributed by atoms with Crippen LogP contribution >= 0.6 is 11.9 Å². The first-order valence-electron chi connectivity index (χ1n) is 3.99. The average molecular weight is 207 g/mol. The fourth-order valence-electron chi connectivity index (χ4n) is 0.818. The molecule has 0 aromatic carbocycles. The summed E-state index contributed by atoms with van der Waals surface area (Å²) in [7, 11) is 2.04. The Kier molecular flexibility index (Phi) is 6.30. The van der Waals surface area contributed by atoms with Gasteiger partial charge in [0.25, 0.3) is 6.33 Å². The number of unbranched alkanes of at least 4 members (excludes halogenated alkanes) is 1. The predicted molar refractivity (Wildman–Crippen MR) is 48.4 cm³/mol. The van der Waals surface area contributed by atoms with E-state index in [2.05, 4.69) is 34.2 Å². The molecule has 0 N–H and O–H groups in total. The van der Waals surface area contributed by atoms with Gasteiger partial charge in [-0.1, -0.05) is 13.3 Å². The summed E-state index contributed by atoms with van der Waals surface area (Å²) in [6.07, 6.45) is 8.80. The molecule has 0 radical (unpaired) electrons. The van der Waals surface area contributed by atoms with Gasteiger partial charge >= 0.3 is 0 Å². The summed E-state index contributed by atoms with van der Waals surface area (Å²) in [5, 5.41) is 0. The van der Waals surface area contributed by atoms with Crippen molar-refractivity contribution in [2.24, 2.45) is 7.05 Å². The number of rotatable bonds is 4. The summed E-state index contributed by atoms with van der Waals surface area (Å²) in [5.74, 6) is 1.21. The van der Waals surface area contributed by atoms with E-state index in [1.807, 2.05) is 19.0 Å². The summed E-state index contributed by atoms with van der Waals surface area (Å²) in [4.78, 5) is 0. The van der Waals surface area contributed by atoms with E-state index in [-0.39, 0.29) is 12.4 Å². The van der Waals surface area contributed by atoms with E-state index in [9.17, 15) is 0 Å². The maximum absolute atomic E-state index is 2.22. The predicted octanol–water partition coefficient (Wildman–Crippen LogP) is -1.39. The van der Waals surface area contributed by atoms with Crippen LogP contribution < -0.4 is 17.0 Å². The van der Waals surface area contributed by atoms with E-state index in [0.29, 0.717) is 0 Å². The van der Waals surface area contributed by atoms with Crippen LogP contribution in [0.5, 0.6) is 0 Å². The molecule has 0 amide bonds. The minimum absolute atomic E-state index is 0. The Morgan fingerprint density at radius 3 is 2.75 bits per heavy atom. The van der Waals surface area contributed by atoms with Crippen molar-refractivity contribution in [1.29, 1.82) is 0 Å². The Balaban J connectivity index is 0.00000121. The van der Waals surface area contributed by atoms with Gasteiger partial charge in [-0.3, -0.25) is 0 Å². The second-order valence-corrected chi connectivity index (χ2v) is 3.71. The summed E-state index contributed by atoms with van der Waals surface area (Å²) < 4.78 is 4.20. The van der Waals surface area contributed by atoms with Crippen molar-refractivity contribution in [3.63, 3.8) is 0 Å². The first-order valence-corrected chi connectivity index (χ1v) is 4.93. The van der Waals surface area contributed by atoms with Crippen LogP contribution in [0.1, 0.15) is 19.8 Å². The van der Waals surface area contributed by atoms with Crippen molar-refractivity contribution < 1.29 is 17.0 Å². The fraction of sp³-hybridized carbons (Fsp3) is 0.625. The zero-order valence-electron chi connectivity index (χ0n) is 7.53. The maximum atomic E-state index is 2.22. The minimum atomic E-state index is 0. The van der Waals surface area contributed by atoms with Crippen LogP contribution in [-0.2, 0) is 7.05 Å². The molecule has 0 atom stereocenters. The van der Waals surface area contributed by atoms with Gasteiger partial charge < -0.3 is 12.4 Å². The molecule has 1 aromatic rings. The minimum Gasteiger partial charge on any atom is -1.00 e. The van der Waals surface area contributed by atoms with E-state index < -0.39 is 0 Å². The molecule has 1 rings (SSSR count). The van der Waals surface area contributed by atoms with Crippen LogP contribution in [0.25, 0.3) is 0 Å². The van der Waals surface area contributed by atoms with E-state index >= 15 is 0 Å². The van der Waals surface area contributed by atoms with Crippen molar-refractivity contribution in [3.8, 4) is 0 Å². The standard InChI is InChI=1S/C8H15N2S.ClH/c1-3-4-7-11-10-6-5-9(2)8-10;/h5-6,8H,3-4,7H2,1-2H3;1H/q+1;/p-1. The number of nitrogens with zero attached hydrogens (tertiary/aromatic N) is 2. The molecule has 1 aromatic heterocycles. The van der Waals surface area contributed by atoms with Crippen LogP contribution in [0.15, 0.2) is 18.7 Å². The van der Waals surface area contributed by atoms with Crippen LogP contribution in [-0.4, -0.2) is 9.73 Å². The smallest absolute Gasteiger partial charge is 0.255 e. The topological polar surface area (TPSA) is 8.81 Å². The van der Waals surface area contributed by atoms with Gasteiger partial charge in [-0.25, -0.2) is 4.57 Å². The molecule has 0 aliphatic carbocycles. The highest BCUT2D eigenvalue weighted by molar-refractivity contribution is 7.97. The van der Waals surface area contributed by atoms with Gasteiger partial charge in [-0.2, -0.15) is 3.97 Å². The molecule has 70 valence electrons. The first-order chi connectivity index (χ1) is 5.33. The highest BCUT2D eigenvalue weighted by atomic mass is 35.5. The third-order valence-corrected chi connectivity index (χ3v) is 2.47. The van der Waals surface area contributed by atoms with E-state index in [0.717, 1.165) is 0 Å². The summed E-state index contributed by atoms with van der Waals surface area (Å²) in [6, 6.07) is 0. The molecule has 0 spiro atoms. The van der Waals surface area contributed by atoms with Crippen LogP contribution in [0.4, 0.5) is 0 Å². The molecular weight excluding hydrogens is 192 g/mol. The lowest BCUT2D eigenvalue weighted by Gasteiger charge is -1.91. The molecule has 0 bridgehead atoms. The zero-order chi connectivity index (χ0) is 8.10. The second-order valence-electron chi connectivity index (χ2n) is 2.63. The van der Waals surface area contributed by atoms with Gasteiger partial charge in [0.05, 0.1) is 19.0 Å². The number of halogens is 1. The first kappa shape index (κ1) is 11.8. The Labute approximate surface area is 84.5 Å². The van der Waals surface area contributed by atoms with Crippen molar-refractivity contribution in [2.75, 3.05) is 5.75 Å². The number of aromatic nitrogens is 2. The van der Waals surface area contributed by atoms with E-state index in [1.165, 1.54) is 18.6 Å². The molecule has 0 saturated heterocycles. The molecule has 2 nitrogen and oxygen atoms in total. The van der Waals surface area contributed by atoms with Gasteiger partial charge in [-0.05, 0) is 6.42 Å². The lowest BCUT2D eigenvalue weighted by molar-refractivity contribution is -0.670. The summed E-state index contributed by atoms with van der Waals surface area (Å²) in [5.41, 5.74) is 0. The van der Waals surface area contributed by atoms with Crippen molar-refractivity contribution in [2.45, 2.75) is 19.8 Å². The normalized spacial score (nSPS) is 9.50. The van der Waals surface area contributed by atoms with Crippen molar-refractivity contribution in [3.05, 3.63) is 18.7 Å². The molecule has 0 aliphatic rings. The Hall–Kier alpha value is -0.150. The Morgan fingerprint density at radius 1 is 1.50 bits per heavy atom.